The van der Waals surface area contributed by atoms with Gasteiger partial charge in [-0.1, -0.05) is 32.0 Å². The standard InChI is InChI=1S/C20H26N2O4/c1-12(2)16(17-13(3)14-7-5-6-8-15(14)26-17)21-19(25)22-10-9-20(4,11-22)18(23)24/h5-8,12,16H,9-11H2,1-4H3,(H,21,25)(H,23,24). The normalized spacial score (nSPS) is 21.3. The molecule has 1 aromatic heterocycles. The number of urea groups is 1. The molecule has 0 spiro atoms. The van der Waals surface area contributed by atoms with Crippen molar-refractivity contribution in [1.82, 2.24) is 10.2 Å². The van der Waals surface area contributed by atoms with E-state index in [4.69, 9.17) is 4.42 Å². The van der Waals surface area contributed by atoms with Gasteiger partial charge in [0, 0.05) is 24.0 Å². The molecular formula is C20H26N2O4. The van der Waals surface area contributed by atoms with Crippen LogP contribution in [0.2, 0.25) is 0 Å². The number of aryl methyl sites for hydroxylation is 1. The molecule has 6 heteroatoms. The molecule has 2 atom stereocenters. The van der Waals surface area contributed by atoms with Crippen LogP contribution in [0, 0.1) is 18.3 Å². The van der Waals surface area contributed by atoms with Crippen LogP contribution in [0.25, 0.3) is 11.0 Å². The van der Waals surface area contributed by atoms with E-state index in [2.05, 4.69) is 5.32 Å². The molecule has 2 amide bonds. The van der Waals surface area contributed by atoms with Crippen LogP contribution in [-0.2, 0) is 4.79 Å². The summed E-state index contributed by atoms with van der Waals surface area (Å²) >= 11 is 0. The number of para-hydroxylation sites is 1. The Hall–Kier alpha value is -2.50. The van der Waals surface area contributed by atoms with E-state index in [0.717, 1.165) is 22.3 Å². The summed E-state index contributed by atoms with van der Waals surface area (Å²) in [7, 11) is 0. The maximum absolute atomic E-state index is 12.8. The topological polar surface area (TPSA) is 82.8 Å². The molecule has 6 nitrogen and oxygen atoms in total. The van der Waals surface area contributed by atoms with Gasteiger partial charge in [-0.15, -0.1) is 0 Å². The van der Waals surface area contributed by atoms with Crippen LogP contribution in [0.3, 0.4) is 0 Å². The smallest absolute Gasteiger partial charge is 0.318 e. The van der Waals surface area contributed by atoms with Crippen molar-refractivity contribution in [2.24, 2.45) is 11.3 Å². The number of carbonyl (C=O) groups excluding carboxylic acids is 1. The van der Waals surface area contributed by atoms with Gasteiger partial charge in [-0.05, 0) is 32.3 Å². The molecule has 0 radical (unpaired) electrons. The number of rotatable bonds is 4. The highest BCUT2D eigenvalue weighted by molar-refractivity contribution is 5.83. The van der Waals surface area contributed by atoms with E-state index in [9.17, 15) is 14.7 Å². The van der Waals surface area contributed by atoms with Crippen LogP contribution in [0.1, 0.15) is 44.6 Å². The first kappa shape index (κ1) is 18.3. The number of furan rings is 1. The molecule has 3 rings (SSSR count). The average Bonchev–Trinajstić information content (AvgIpc) is 3.15. The van der Waals surface area contributed by atoms with Gasteiger partial charge in [0.2, 0.25) is 0 Å². The number of nitrogens with zero attached hydrogens (tertiary/aromatic N) is 1. The Labute approximate surface area is 153 Å². The van der Waals surface area contributed by atoms with Crippen molar-refractivity contribution in [3.63, 3.8) is 0 Å². The first-order valence-corrected chi connectivity index (χ1v) is 9.00. The van der Waals surface area contributed by atoms with E-state index in [1.54, 1.807) is 11.8 Å². The van der Waals surface area contributed by atoms with Crippen LogP contribution in [-0.4, -0.2) is 35.1 Å². The Morgan fingerprint density at radius 1 is 1.31 bits per heavy atom. The highest BCUT2D eigenvalue weighted by atomic mass is 16.4. The van der Waals surface area contributed by atoms with E-state index < -0.39 is 11.4 Å². The first-order chi connectivity index (χ1) is 12.2. The predicted molar refractivity (Wildman–Crippen MR) is 99.0 cm³/mol. The van der Waals surface area contributed by atoms with Crippen molar-refractivity contribution >= 4 is 23.0 Å². The second kappa shape index (κ2) is 6.67. The largest absolute Gasteiger partial charge is 0.481 e. The summed E-state index contributed by atoms with van der Waals surface area (Å²) in [4.78, 5) is 25.7. The van der Waals surface area contributed by atoms with E-state index in [1.807, 2.05) is 45.0 Å². The minimum atomic E-state index is -0.875. The lowest BCUT2D eigenvalue weighted by atomic mass is 9.90. The van der Waals surface area contributed by atoms with E-state index >= 15 is 0 Å². The van der Waals surface area contributed by atoms with Crippen LogP contribution >= 0.6 is 0 Å². The molecule has 0 bridgehead atoms. The zero-order valence-corrected chi connectivity index (χ0v) is 15.7. The third kappa shape index (κ3) is 3.16. The number of hydrogen-bond acceptors (Lipinski definition) is 3. The summed E-state index contributed by atoms with van der Waals surface area (Å²) in [6.45, 7) is 8.41. The number of nitrogens with one attached hydrogen (secondary N) is 1. The fraction of sp³-hybridized carbons (Fsp3) is 0.500. The molecule has 1 aromatic carbocycles. The van der Waals surface area contributed by atoms with Crippen LogP contribution < -0.4 is 5.32 Å². The minimum absolute atomic E-state index is 0.131. The molecule has 0 saturated carbocycles. The Bertz CT molecular complexity index is 841. The average molecular weight is 358 g/mol. The van der Waals surface area contributed by atoms with Gasteiger partial charge in [0.05, 0.1) is 11.5 Å². The zero-order chi connectivity index (χ0) is 19.1. The van der Waals surface area contributed by atoms with Crippen LogP contribution in [0.15, 0.2) is 28.7 Å². The molecule has 2 heterocycles. The molecule has 2 unspecified atom stereocenters. The summed E-state index contributed by atoms with van der Waals surface area (Å²) in [5.41, 5.74) is 0.955. The van der Waals surface area contributed by atoms with Gasteiger partial charge in [0.1, 0.15) is 11.3 Å². The number of amides is 2. The fourth-order valence-electron chi connectivity index (χ4n) is 3.56. The third-order valence-electron chi connectivity index (χ3n) is 5.39. The Balaban J connectivity index is 1.82. The molecule has 1 fully saturated rings. The Kier molecular flexibility index (Phi) is 4.69. The van der Waals surface area contributed by atoms with Crippen molar-refractivity contribution in [3.8, 4) is 0 Å². The van der Waals surface area contributed by atoms with Gasteiger partial charge in [-0.2, -0.15) is 0 Å². The van der Waals surface area contributed by atoms with Crippen molar-refractivity contribution < 1.29 is 19.1 Å². The number of benzene rings is 1. The molecule has 2 N–H and O–H groups in total. The number of likely N-dealkylation sites (tertiary alicyclic amines) is 1. The third-order valence-corrected chi connectivity index (χ3v) is 5.39. The van der Waals surface area contributed by atoms with Gasteiger partial charge in [-0.25, -0.2) is 4.79 Å². The van der Waals surface area contributed by atoms with Crippen molar-refractivity contribution in [1.29, 1.82) is 0 Å². The zero-order valence-electron chi connectivity index (χ0n) is 15.7. The lowest BCUT2D eigenvalue weighted by molar-refractivity contribution is -0.147. The molecule has 26 heavy (non-hydrogen) atoms. The molecule has 2 aromatic rings. The maximum Gasteiger partial charge on any atom is 0.318 e. The second-order valence-electron chi connectivity index (χ2n) is 7.80. The summed E-state index contributed by atoms with van der Waals surface area (Å²) in [6, 6.07) is 7.31. The summed E-state index contributed by atoms with van der Waals surface area (Å²) < 4.78 is 6.04. The van der Waals surface area contributed by atoms with E-state index in [1.165, 1.54) is 0 Å². The maximum atomic E-state index is 12.8. The number of aliphatic carboxylic acids is 1. The van der Waals surface area contributed by atoms with E-state index in [0.29, 0.717) is 13.0 Å². The number of carboxylic acids is 1. The number of carboxylic acid groups (broad SMARTS) is 1. The fourth-order valence-corrected chi connectivity index (χ4v) is 3.56. The Morgan fingerprint density at radius 3 is 2.58 bits per heavy atom. The molecular weight excluding hydrogens is 332 g/mol. The lowest BCUT2D eigenvalue weighted by Gasteiger charge is -2.26. The quantitative estimate of drug-likeness (QED) is 0.867. The lowest BCUT2D eigenvalue weighted by Crippen LogP contribution is -2.43. The van der Waals surface area contributed by atoms with Gasteiger partial charge < -0.3 is 19.7 Å². The molecule has 1 aliphatic rings. The molecule has 1 saturated heterocycles. The number of hydrogen-bond donors (Lipinski definition) is 2. The van der Waals surface area contributed by atoms with Crippen molar-refractivity contribution in [2.75, 3.05) is 13.1 Å². The minimum Gasteiger partial charge on any atom is -0.481 e. The van der Waals surface area contributed by atoms with Crippen molar-refractivity contribution in [3.05, 3.63) is 35.6 Å². The second-order valence-corrected chi connectivity index (χ2v) is 7.80. The molecule has 140 valence electrons. The van der Waals surface area contributed by atoms with E-state index in [-0.39, 0.29) is 24.5 Å². The summed E-state index contributed by atoms with van der Waals surface area (Å²) in [5.74, 6) is 0.0303. The predicted octanol–water partition coefficient (Wildman–Crippen LogP) is 3.94. The van der Waals surface area contributed by atoms with Gasteiger partial charge in [-0.3, -0.25) is 4.79 Å². The highest BCUT2D eigenvalue weighted by Crippen LogP contribution is 2.34. The van der Waals surface area contributed by atoms with Crippen molar-refractivity contribution in [2.45, 2.75) is 40.2 Å². The van der Waals surface area contributed by atoms with Crippen LogP contribution in [0.4, 0.5) is 4.79 Å². The Morgan fingerprint density at radius 2 is 2.00 bits per heavy atom. The van der Waals surface area contributed by atoms with Gasteiger partial charge in [0.15, 0.2) is 0 Å². The molecule has 0 aliphatic carbocycles. The SMILES string of the molecule is Cc1c(C(NC(=O)N2CCC(C)(C(=O)O)C2)C(C)C)oc2ccccc12. The highest BCUT2D eigenvalue weighted by Gasteiger charge is 2.42. The number of fused-ring (bicyclic) bond motifs is 1. The van der Waals surface area contributed by atoms with Gasteiger partial charge >= 0.3 is 12.0 Å². The summed E-state index contributed by atoms with van der Waals surface area (Å²) in [6.07, 6.45) is 0.464. The first-order valence-electron chi connectivity index (χ1n) is 9.00. The summed E-state index contributed by atoms with van der Waals surface area (Å²) in [5, 5.41) is 13.5. The van der Waals surface area contributed by atoms with Gasteiger partial charge in [0.25, 0.3) is 0 Å². The molecule has 1 aliphatic heterocycles. The monoisotopic (exact) mass is 358 g/mol. The van der Waals surface area contributed by atoms with Crippen LogP contribution in [0.5, 0.6) is 0 Å². The number of carbonyl (C=O) groups is 2.